The first kappa shape index (κ1) is 17.6. The smallest absolute Gasteiger partial charge is 0.332 e. The van der Waals surface area contributed by atoms with Crippen LogP contribution >= 0.6 is 0 Å². The monoisotopic (exact) mass is 351 g/mol. The van der Waals surface area contributed by atoms with E-state index in [1.807, 2.05) is 13.8 Å². The van der Waals surface area contributed by atoms with Crippen LogP contribution in [0.15, 0.2) is 4.99 Å². The van der Waals surface area contributed by atoms with Crippen molar-refractivity contribution in [2.75, 3.05) is 26.2 Å². The number of imide groups is 1. The molecule has 25 heavy (non-hydrogen) atoms. The van der Waals surface area contributed by atoms with Crippen LogP contribution in [0.2, 0.25) is 0 Å². The van der Waals surface area contributed by atoms with Crippen LogP contribution in [-0.2, 0) is 4.79 Å². The van der Waals surface area contributed by atoms with E-state index in [0.29, 0.717) is 13.1 Å². The van der Waals surface area contributed by atoms with Crippen molar-refractivity contribution in [1.29, 1.82) is 5.41 Å². The van der Waals surface area contributed by atoms with Crippen molar-refractivity contribution in [3.05, 3.63) is 0 Å². The molecule has 2 saturated heterocycles. The number of amides is 3. The van der Waals surface area contributed by atoms with Gasteiger partial charge in [0.1, 0.15) is 0 Å². The van der Waals surface area contributed by atoms with Gasteiger partial charge in [0.2, 0.25) is 5.96 Å². The third-order valence-electron chi connectivity index (χ3n) is 5.07. The predicted octanol–water partition coefficient (Wildman–Crippen LogP) is -1.07. The number of rotatable bonds is 3. The van der Waals surface area contributed by atoms with Gasteiger partial charge in [-0.15, -0.1) is 0 Å². The Bertz CT molecular complexity index is 600. The maximum Gasteiger partial charge on any atom is 0.332 e. The minimum Gasteiger partial charge on any atom is -0.359 e. The van der Waals surface area contributed by atoms with Gasteiger partial charge < -0.3 is 20.2 Å². The number of carbonyl (C=O) groups is 2. The van der Waals surface area contributed by atoms with Crippen LogP contribution in [0.25, 0.3) is 0 Å². The summed E-state index contributed by atoms with van der Waals surface area (Å²) in [7, 11) is 0. The number of aliphatic hydroxyl groups is 1. The predicted molar refractivity (Wildman–Crippen MR) is 91.0 cm³/mol. The lowest BCUT2D eigenvalue weighted by Crippen LogP contribution is -2.74. The third-order valence-corrected chi connectivity index (χ3v) is 5.07. The van der Waals surface area contributed by atoms with Crippen molar-refractivity contribution in [1.82, 2.24) is 25.3 Å². The summed E-state index contributed by atoms with van der Waals surface area (Å²) in [6, 6.07) is -0.671. The van der Waals surface area contributed by atoms with Gasteiger partial charge in [0, 0.05) is 19.1 Å². The second kappa shape index (κ2) is 6.60. The van der Waals surface area contributed by atoms with Crippen LogP contribution in [0.4, 0.5) is 4.79 Å². The quantitative estimate of drug-likeness (QED) is 0.379. The maximum absolute atomic E-state index is 12.5. The highest BCUT2D eigenvalue weighted by molar-refractivity contribution is 6.09. The molecule has 3 heterocycles. The van der Waals surface area contributed by atoms with Gasteiger partial charge in [-0.3, -0.25) is 15.5 Å². The Kier molecular flexibility index (Phi) is 4.65. The van der Waals surface area contributed by atoms with Gasteiger partial charge in [-0.05, 0) is 39.8 Å². The average molecular weight is 351 g/mol. The number of aliphatic imine (C=N–C) groups is 1. The number of piperidine rings is 1. The molecule has 2 fully saturated rings. The molecule has 10 heteroatoms. The number of nitrogens with one attached hydrogen (secondary N) is 3. The van der Waals surface area contributed by atoms with Gasteiger partial charge in [0.05, 0.1) is 6.34 Å². The van der Waals surface area contributed by atoms with Gasteiger partial charge in [-0.25, -0.2) is 14.7 Å². The molecule has 10 nitrogen and oxygen atoms in total. The van der Waals surface area contributed by atoms with Crippen LogP contribution < -0.4 is 10.6 Å². The van der Waals surface area contributed by atoms with Crippen molar-refractivity contribution in [3.63, 3.8) is 0 Å². The third kappa shape index (κ3) is 2.74. The standard InChI is InChI=1S/C15H25N7O3/c1-3-20(4-2)13(16)22-12-15(25,11(23)19-14(22)24)18-9-21(12)10-5-7-17-8-6-10/h9-10,12,16-17,25H,3-8H2,1-2H3,(H,19,23,24). The second-order valence-corrected chi connectivity index (χ2v) is 6.40. The van der Waals surface area contributed by atoms with Crippen molar-refractivity contribution >= 4 is 24.2 Å². The van der Waals surface area contributed by atoms with Gasteiger partial charge in [-0.1, -0.05) is 0 Å². The summed E-state index contributed by atoms with van der Waals surface area (Å²) in [6.45, 7) is 6.46. The summed E-state index contributed by atoms with van der Waals surface area (Å²) in [5.74, 6) is -0.901. The van der Waals surface area contributed by atoms with Crippen LogP contribution in [-0.4, -0.2) is 88.2 Å². The van der Waals surface area contributed by atoms with Crippen LogP contribution in [0.5, 0.6) is 0 Å². The van der Waals surface area contributed by atoms with Gasteiger partial charge >= 0.3 is 6.03 Å². The highest BCUT2D eigenvalue weighted by Gasteiger charge is 2.60. The molecular formula is C15H25N7O3. The molecule has 3 rings (SSSR count). The molecule has 0 aromatic rings. The van der Waals surface area contributed by atoms with E-state index in [1.165, 1.54) is 6.34 Å². The van der Waals surface area contributed by atoms with E-state index >= 15 is 0 Å². The lowest BCUT2D eigenvalue weighted by atomic mass is 10.0. The number of hydrogen-bond donors (Lipinski definition) is 4. The van der Waals surface area contributed by atoms with E-state index in [9.17, 15) is 14.7 Å². The Hall–Kier alpha value is -2.20. The number of hydrogen-bond acceptors (Lipinski definition) is 7. The Balaban J connectivity index is 1.96. The number of urea groups is 1. The van der Waals surface area contributed by atoms with Crippen LogP contribution in [0.1, 0.15) is 26.7 Å². The Morgan fingerprint density at radius 1 is 1.40 bits per heavy atom. The topological polar surface area (TPSA) is 124 Å². The van der Waals surface area contributed by atoms with E-state index in [1.54, 1.807) is 9.80 Å². The lowest BCUT2D eigenvalue weighted by molar-refractivity contribution is -0.151. The van der Waals surface area contributed by atoms with Crippen molar-refractivity contribution < 1.29 is 14.7 Å². The first-order valence-corrected chi connectivity index (χ1v) is 8.68. The fraction of sp³-hybridized carbons (Fsp3) is 0.733. The summed E-state index contributed by atoms with van der Waals surface area (Å²) >= 11 is 0. The normalized spacial score (nSPS) is 29.6. The largest absolute Gasteiger partial charge is 0.359 e. The molecule has 0 bridgehead atoms. The molecule has 0 spiro atoms. The van der Waals surface area contributed by atoms with E-state index < -0.39 is 23.8 Å². The van der Waals surface area contributed by atoms with Gasteiger partial charge in [0.15, 0.2) is 6.17 Å². The molecule has 2 unspecified atom stereocenters. The van der Waals surface area contributed by atoms with Gasteiger partial charge in [-0.2, -0.15) is 0 Å². The summed E-state index contributed by atoms with van der Waals surface area (Å²) in [5.41, 5.74) is -2.10. The number of guanidine groups is 1. The first-order chi connectivity index (χ1) is 11.9. The summed E-state index contributed by atoms with van der Waals surface area (Å²) in [6.07, 6.45) is 2.02. The van der Waals surface area contributed by atoms with E-state index in [-0.39, 0.29) is 12.0 Å². The van der Waals surface area contributed by atoms with Crippen molar-refractivity contribution in [3.8, 4) is 0 Å². The SMILES string of the molecule is CCN(CC)C(=N)N1C(=O)NC(=O)C2(O)N=CN(C3CCNCC3)C12. The Labute approximate surface area is 146 Å². The summed E-state index contributed by atoms with van der Waals surface area (Å²) in [4.78, 5) is 33.4. The molecule has 3 aliphatic rings. The highest BCUT2D eigenvalue weighted by atomic mass is 16.3. The van der Waals surface area contributed by atoms with Crippen LogP contribution in [0, 0.1) is 5.41 Å². The molecule has 4 N–H and O–H groups in total. The van der Waals surface area contributed by atoms with Crippen molar-refractivity contribution in [2.45, 2.75) is 44.6 Å². The molecule has 0 aliphatic carbocycles. The molecule has 138 valence electrons. The summed E-state index contributed by atoms with van der Waals surface area (Å²) in [5, 5.41) is 24.7. The van der Waals surface area contributed by atoms with Crippen LogP contribution in [0.3, 0.4) is 0 Å². The maximum atomic E-state index is 12.5. The number of carbonyl (C=O) groups excluding carboxylic acids is 2. The molecule has 3 amide bonds. The minimum absolute atomic E-state index is 0.0368. The second-order valence-electron chi connectivity index (χ2n) is 6.40. The van der Waals surface area contributed by atoms with E-state index in [2.05, 4.69) is 15.6 Å². The lowest BCUT2D eigenvalue weighted by Gasteiger charge is -2.47. The molecule has 2 atom stereocenters. The minimum atomic E-state index is -2.10. The zero-order chi connectivity index (χ0) is 18.2. The van der Waals surface area contributed by atoms with E-state index in [0.717, 1.165) is 30.8 Å². The number of fused-ring (bicyclic) bond motifs is 1. The highest BCUT2D eigenvalue weighted by Crippen LogP contribution is 2.33. The van der Waals surface area contributed by atoms with E-state index in [4.69, 9.17) is 5.41 Å². The Morgan fingerprint density at radius 3 is 2.64 bits per heavy atom. The fourth-order valence-electron chi connectivity index (χ4n) is 3.63. The summed E-state index contributed by atoms with van der Waals surface area (Å²) < 4.78 is 0. The Morgan fingerprint density at radius 2 is 2.04 bits per heavy atom. The first-order valence-electron chi connectivity index (χ1n) is 8.68. The molecular weight excluding hydrogens is 326 g/mol. The molecule has 0 aromatic heterocycles. The number of nitrogens with zero attached hydrogens (tertiary/aromatic N) is 4. The van der Waals surface area contributed by atoms with Gasteiger partial charge in [0.25, 0.3) is 11.6 Å². The zero-order valence-corrected chi connectivity index (χ0v) is 14.5. The zero-order valence-electron chi connectivity index (χ0n) is 14.5. The average Bonchev–Trinajstić information content (AvgIpc) is 2.96. The fourth-order valence-corrected chi connectivity index (χ4v) is 3.63. The van der Waals surface area contributed by atoms with Crippen molar-refractivity contribution in [2.24, 2.45) is 4.99 Å². The molecule has 0 aromatic carbocycles. The molecule has 0 radical (unpaired) electrons. The molecule has 3 aliphatic heterocycles. The molecule has 0 saturated carbocycles.